The number of fused-ring (bicyclic) bond motifs is 1. The van der Waals surface area contributed by atoms with Crippen molar-refractivity contribution in [3.63, 3.8) is 0 Å². The summed E-state index contributed by atoms with van der Waals surface area (Å²) in [6.07, 6.45) is 10.4. The molecule has 0 spiro atoms. The molecule has 0 unspecified atom stereocenters. The molecule has 2 aromatic heterocycles. The Bertz CT molecular complexity index is 569. The molecule has 0 saturated heterocycles. The fourth-order valence-corrected chi connectivity index (χ4v) is 3.48. The van der Waals surface area contributed by atoms with Gasteiger partial charge in [0.1, 0.15) is 0 Å². The quantitative estimate of drug-likeness (QED) is 0.920. The molecule has 0 aromatic carbocycles. The highest BCUT2D eigenvalue weighted by molar-refractivity contribution is 7.15. The van der Waals surface area contributed by atoms with Crippen molar-refractivity contribution in [2.45, 2.75) is 38.5 Å². The van der Waals surface area contributed by atoms with Crippen LogP contribution < -0.4 is 5.32 Å². The minimum Gasteiger partial charge on any atom is -0.298 e. The number of hydrogen-bond donors (Lipinski definition) is 1. The van der Waals surface area contributed by atoms with Gasteiger partial charge in [-0.05, 0) is 37.8 Å². The number of aromatic nitrogens is 2. The largest absolute Gasteiger partial charge is 0.298 e. The summed E-state index contributed by atoms with van der Waals surface area (Å²) >= 11 is 1.62. The van der Waals surface area contributed by atoms with Gasteiger partial charge in [0.15, 0.2) is 5.13 Å². The molecule has 1 aliphatic carbocycles. The molecule has 0 aliphatic heterocycles. The van der Waals surface area contributed by atoms with Crippen LogP contribution in [0.2, 0.25) is 0 Å². The van der Waals surface area contributed by atoms with Crippen LogP contribution in [-0.2, 0) is 12.8 Å². The van der Waals surface area contributed by atoms with Crippen LogP contribution in [0.1, 0.15) is 46.6 Å². The number of pyridine rings is 1. The fraction of sp³-hybridized carbons (Fsp3) is 0.400. The SMILES string of the molecule is O=C(Nc1nc2c(s1)CCCCCC2)c1ccncc1. The molecule has 1 N–H and O–H groups in total. The molecule has 0 bridgehead atoms. The summed E-state index contributed by atoms with van der Waals surface area (Å²) in [6, 6.07) is 3.41. The first kappa shape index (κ1) is 13.2. The lowest BCUT2D eigenvalue weighted by Crippen LogP contribution is -2.11. The molecule has 0 radical (unpaired) electrons. The molecule has 0 fully saturated rings. The van der Waals surface area contributed by atoms with Gasteiger partial charge in [-0.15, -0.1) is 11.3 Å². The van der Waals surface area contributed by atoms with Crippen molar-refractivity contribution in [1.82, 2.24) is 9.97 Å². The van der Waals surface area contributed by atoms with Crippen LogP contribution in [0.15, 0.2) is 24.5 Å². The summed E-state index contributed by atoms with van der Waals surface area (Å²) in [4.78, 5) is 21.9. The van der Waals surface area contributed by atoms with Crippen LogP contribution in [0, 0.1) is 0 Å². The van der Waals surface area contributed by atoms with E-state index in [1.807, 2.05) is 0 Å². The van der Waals surface area contributed by atoms with E-state index >= 15 is 0 Å². The number of amides is 1. The van der Waals surface area contributed by atoms with Gasteiger partial charge in [-0.2, -0.15) is 0 Å². The molecule has 2 aromatic rings. The van der Waals surface area contributed by atoms with Crippen molar-refractivity contribution in [2.75, 3.05) is 5.32 Å². The van der Waals surface area contributed by atoms with Gasteiger partial charge in [-0.3, -0.25) is 15.1 Å². The zero-order valence-corrected chi connectivity index (χ0v) is 12.1. The fourth-order valence-electron chi connectivity index (χ4n) is 2.43. The minimum atomic E-state index is -0.117. The average Bonchev–Trinajstić information content (AvgIpc) is 2.81. The van der Waals surface area contributed by atoms with Crippen LogP contribution >= 0.6 is 11.3 Å². The van der Waals surface area contributed by atoms with Gasteiger partial charge in [-0.25, -0.2) is 4.98 Å². The maximum absolute atomic E-state index is 12.1. The van der Waals surface area contributed by atoms with Gasteiger partial charge in [0.2, 0.25) is 0 Å². The number of nitrogens with one attached hydrogen (secondary N) is 1. The molecule has 2 heterocycles. The van der Waals surface area contributed by atoms with Crippen LogP contribution in [0.4, 0.5) is 5.13 Å². The first-order chi connectivity index (χ1) is 9.83. The Balaban J connectivity index is 1.75. The third kappa shape index (κ3) is 3.04. The van der Waals surface area contributed by atoms with Crippen molar-refractivity contribution in [3.8, 4) is 0 Å². The molecule has 4 nitrogen and oxygen atoms in total. The molecule has 5 heteroatoms. The van der Waals surface area contributed by atoms with E-state index in [0.29, 0.717) is 5.56 Å². The first-order valence-corrected chi connectivity index (χ1v) is 7.84. The molecule has 104 valence electrons. The smallest absolute Gasteiger partial charge is 0.257 e. The Hall–Kier alpha value is -1.75. The first-order valence-electron chi connectivity index (χ1n) is 7.03. The zero-order valence-electron chi connectivity index (χ0n) is 11.3. The van der Waals surface area contributed by atoms with Crippen LogP contribution in [0.25, 0.3) is 0 Å². The van der Waals surface area contributed by atoms with Gasteiger partial charge < -0.3 is 0 Å². The summed E-state index contributed by atoms with van der Waals surface area (Å²) in [7, 11) is 0. The summed E-state index contributed by atoms with van der Waals surface area (Å²) < 4.78 is 0. The van der Waals surface area contributed by atoms with E-state index in [4.69, 9.17) is 0 Å². The molecule has 1 amide bonds. The van der Waals surface area contributed by atoms with Crippen molar-refractivity contribution in [2.24, 2.45) is 0 Å². The standard InChI is InChI=1S/C15H17N3OS/c19-14(11-7-9-16-10-8-11)18-15-17-12-5-3-1-2-4-6-13(12)20-15/h7-10H,1-6H2,(H,17,18,19). The second kappa shape index (κ2) is 6.13. The molecule has 0 saturated carbocycles. The highest BCUT2D eigenvalue weighted by atomic mass is 32.1. The normalized spacial score (nSPS) is 15.0. The molecular weight excluding hydrogens is 270 g/mol. The van der Waals surface area contributed by atoms with Gasteiger partial charge >= 0.3 is 0 Å². The number of rotatable bonds is 2. The second-order valence-corrected chi connectivity index (χ2v) is 6.08. The maximum atomic E-state index is 12.1. The third-order valence-electron chi connectivity index (χ3n) is 3.51. The third-order valence-corrected chi connectivity index (χ3v) is 4.58. The van der Waals surface area contributed by atoms with Gasteiger partial charge in [0.25, 0.3) is 5.91 Å². The number of nitrogens with zero attached hydrogens (tertiary/aromatic N) is 2. The van der Waals surface area contributed by atoms with Crippen molar-refractivity contribution in [1.29, 1.82) is 0 Å². The molecule has 3 rings (SSSR count). The lowest BCUT2D eigenvalue weighted by atomic mass is 10.0. The van der Waals surface area contributed by atoms with Crippen LogP contribution in [0.3, 0.4) is 0 Å². The van der Waals surface area contributed by atoms with E-state index in [2.05, 4.69) is 15.3 Å². The number of carbonyl (C=O) groups excluding carboxylic acids is 1. The molecule has 20 heavy (non-hydrogen) atoms. The molecule has 1 aliphatic rings. The zero-order chi connectivity index (χ0) is 13.8. The number of anilines is 1. The summed E-state index contributed by atoms with van der Waals surface area (Å²) in [5, 5.41) is 3.62. The topological polar surface area (TPSA) is 54.9 Å². The number of carbonyl (C=O) groups is 1. The summed E-state index contributed by atoms with van der Waals surface area (Å²) in [5.74, 6) is -0.117. The van der Waals surface area contributed by atoms with Crippen molar-refractivity contribution < 1.29 is 4.79 Å². The van der Waals surface area contributed by atoms with Gasteiger partial charge in [0.05, 0.1) is 5.69 Å². The number of hydrogen-bond acceptors (Lipinski definition) is 4. The summed E-state index contributed by atoms with van der Waals surface area (Å²) in [5.41, 5.74) is 1.79. The molecule has 0 atom stereocenters. The number of aryl methyl sites for hydroxylation is 2. The lowest BCUT2D eigenvalue weighted by molar-refractivity contribution is 0.102. The van der Waals surface area contributed by atoms with E-state index in [1.54, 1.807) is 35.9 Å². The van der Waals surface area contributed by atoms with Crippen molar-refractivity contribution >= 4 is 22.4 Å². The Morgan fingerprint density at radius 1 is 1.10 bits per heavy atom. The van der Waals surface area contributed by atoms with Gasteiger partial charge in [-0.1, -0.05) is 12.8 Å². The maximum Gasteiger partial charge on any atom is 0.257 e. The van der Waals surface area contributed by atoms with E-state index in [1.165, 1.54) is 36.3 Å². The van der Waals surface area contributed by atoms with E-state index in [9.17, 15) is 4.79 Å². The van der Waals surface area contributed by atoms with E-state index in [-0.39, 0.29) is 5.91 Å². The Morgan fingerprint density at radius 3 is 2.65 bits per heavy atom. The van der Waals surface area contributed by atoms with E-state index < -0.39 is 0 Å². The molecular formula is C15H17N3OS. The Kier molecular flexibility index (Phi) is 4.06. The predicted octanol–water partition coefficient (Wildman–Crippen LogP) is 3.45. The Morgan fingerprint density at radius 2 is 1.85 bits per heavy atom. The lowest BCUT2D eigenvalue weighted by Gasteiger charge is -2.06. The van der Waals surface area contributed by atoms with Gasteiger partial charge in [0, 0.05) is 22.8 Å². The summed E-state index contributed by atoms with van der Waals surface area (Å²) in [6.45, 7) is 0. The average molecular weight is 287 g/mol. The predicted molar refractivity (Wildman–Crippen MR) is 80.2 cm³/mol. The van der Waals surface area contributed by atoms with Crippen molar-refractivity contribution in [3.05, 3.63) is 40.7 Å². The van der Waals surface area contributed by atoms with Crippen LogP contribution in [0.5, 0.6) is 0 Å². The highest BCUT2D eigenvalue weighted by Gasteiger charge is 2.15. The minimum absolute atomic E-state index is 0.117. The monoisotopic (exact) mass is 287 g/mol. The highest BCUT2D eigenvalue weighted by Crippen LogP contribution is 2.28. The second-order valence-electron chi connectivity index (χ2n) is 4.99. The van der Waals surface area contributed by atoms with E-state index in [0.717, 1.165) is 18.0 Å². The Labute approximate surface area is 122 Å². The number of thiazole rings is 1. The van der Waals surface area contributed by atoms with Crippen LogP contribution in [-0.4, -0.2) is 15.9 Å².